The Labute approximate surface area is 290 Å². The Morgan fingerprint density at radius 1 is 0.349 bits per heavy atom. The van der Waals surface area contributed by atoms with Crippen LogP contribution in [0.3, 0.4) is 0 Å². The smallest absolute Gasteiger partial charge is 0.0638 e. The van der Waals surface area contributed by atoms with Crippen LogP contribution in [0.2, 0.25) is 0 Å². The number of hydrogen-bond acceptors (Lipinski definition) is 1. The minimum Gasteiger partial charge on any atom is -0.135 e. The maximum absolute atomic E-state index is 9.58. The summed E-state index contributed by atoms with van der Waals surface area (Å²) in [6.07, 6.45) is 0. The van der Waals surface area contributed by atoms with Crippen LogP contribution < -0.4 is 0 Å². The highest BCUT2D eigenvalue weighted by Crippen LogP contribution is 2.46. The Balaban J connectivity index is 1.56. The highest BCUT2D eigenvalue weighted by molar-refractivity contribution is 7.26. The molecule has 43 heavy (non-hydrogen) atoms. The molecule has 9 rings (SSSR count). The molecule has 0 nitrogen and oxygen atoms in total. The van der Waals surface area contributed by atoms with Gasteiger partial charge in [0.05, 0.1) is 35.6 Å². The van der Waals surface area contributed by atoms with Crippen LogP contribution in [-0.2, 0) is 0 Å². The van der Waals surface area contributed by atoms with Gasteiger partial charge in [0.2, 0.25) is 0 Å². The third kappa shape index (κ3) is 3.75. The van der Waals surface area contributed by atoms with Crippen molar-refractivity contribution in [3.8, 4) is 33.4 Å². The van der Waals surface area contributed by atoms with Gasteiger partial charge in [-0.05, 0) is 71.7 Å². The molecule has 0 N–H and O–H groups in total. The first-order valence-corrected chi connectivity index (χ1v) is 13.5. The number of fused-ring (bicyclic) bond motifs is 6. The fourth-order valence-electron chi connectivity index (χ4n) is 5.19. The Bertz CT molecular complexity index is 3850. The van der Waals surface area contributed by atoms with Crippen molar-refractivity contribution in [2.45, 2.75) is 0 Å². The molecule has 1 heterocycles. The molecule has 0 unspecified atom stereocenters. The molecule has 0 aliphatic rings. The van der Waals surface area contributed by atoms with Crippen molar-refractivity contribution in [2.24, 2.45) is 0 Å². The fraction of sp³-hybridized carbons (Fsp3) is 0. The second kappa shape index (κ2) is 9.66. The van der Waals surface area contributed by atoms with Crippen LogP contribution in [0.25, 0.3) is 85.9 Å². The van der Waals surface area contributed by atoms with Crippen molar-refractivity contribution in [3.05, 3.63) is 157 Å². The highest BCUT2D eigenvalue weighted by atomic mass is 32.1. The van der Waals surface area contributed by atoms with E-state index >= 15 is 0 Å². The second-order valence-corrected chi connectivity index (χ2v) is 10.3. The molecule has 0 aliphatic carbocycles. The van der Waals surface area contributed by atoms with Gasteiger partial charge >= 0.3 is 0 Å². The van der Waals surface area contributed by atoms with E-state index in [4.69, 9.17) is 23.3 Å². The number of benzene rings is 8. The highest BCUT2D eigenvalue weighted by Gasteiger charge is 2.18. The topological polar surface area (TPSA) is 0 Å². The molecule has 1 heteroatoms. The van der Waals surface area contributed by atoms with Gasteiger partial charge in [0.25, 0.3) is 0 Å². The first-order valence-electron chi connectivity index (χ1n) is 25.7. The van der Waals surface area contributed by atoms with Gasteiger partial charge in [0.15, 0.2) is 0 Å². The van der Waals surface area contributed by atoms with Gasteiger partial charge in [-0.2, -0.15) is 0 Å². The third-order valence-corrected chi connectivity index (χ3v) is 8.12. The number of hydrogen-bond donors (Lipinski definition) is 0. The van der Waals surface area contributed by atoms with Gasteiger partial charge in [-0.1, -0.05) is 151 Å². The molecule has 0 atom stereocenters. The number of rotatable bonds is 3. The summed E-state index contributed by atoms with van der Waals surface area (Å²) in [5, 5.41) is -4.45. The van der Waals surface area contributed by atoms with Gasteiger partial charge < -0.3 is 0 Å². The molecule has 0 bridgehead atoms. The largest absolute Gasteiger partial charge is 0.135 e. The molecule has 0 aliphatic heterocycles. The Morgan fingerprint density at radius 3 is 1.56 bits per heavy atom. The van der Waals surface area contributed by atoms with E-state index in [-0.39, 0.29) is 20.2 Å². The van der Waals surface area contributed by atoms with Crippen LogP contribution in [0.15, 0.2) is 157 Å². The van der Waals surface area contributed by atoms with Gasteiger partial charge in [0, 0.05) is 20.2 Å². The van der Waals surface area contributed by atoms with E-state index in [1.807, 2.05) is 0 Å². The predicted molar refractivity (Wildman–Crippen MR) is 188 cm³/mol. The summed E-state index contributed by atoms with van der Waals surface area (Å²) in [6, 6.07) is -22.5. The molecule has 9 aromatic rings. The zero-order chi connectivity index (χ0) is 51.0. The second-order valence-electron chi connectivity index (χ2n) is 9.26. The molecule has 200 valence electrons. The summed E-state index contributed by atoms with van der Waals surface area (Å²) >= 11 is 0.657. The minimum absolute atomic E-state index is 0.0991. The lowest BCUT2D eigenvalue weighted by Gasteiger charge is -2.19. The zero-order valence-electron chi connectivity index (χ0n) is 47.4. The molecule has 0 spiro atoms. The molecule has 0 radical (unpaired) electrons. The van der Waals surface area contributed by atoms with Crippen molar-refractivity contribution in [1.82, 2.24) is 0 Å². The first kappa shape index (κ1) is 9.91. The summed E-state index contributed by atoms with van der Waals surface area (Å²) in [4.78, 5) is 0. The van der Waals surface area contributed by atoms with E-state index in [1.54, 1.807) is 0 Å². The normalized spacial score (nSPS) is 20.2. The van der Waals surface area contributed by atoms with Crippen molar-refractivity contribution in [3.63, 3.8) is 0 Å². The molecule has 0 saturated carbocycles. The van der Waals surface area contributed by atoms with E-state index in [2.05, 4.69) is 0 Å². The predicted octanol–water partition coefficient (Wildman–Crippen LogP) is 12.5. The van der Waals surface area contributed by atoms with Crippen LogP contribution >= 0.6 is 11.3 Å². The van der Waals surface area contributed by atoms with E-state index < -0.39 is 223 Å². The van der Waals surface area contributed by atoms with Crippen LogP contribution in [0.4, 0.5) is 0 Å². The van der Waals surface area contributed by atoms with Crippen LogP contribution in [0.5, 0.6) is 0 Å². The molecular formula is C42H26S. The maximum atomic E-state index is 9.58. The minimum atomic E-state index is -1.02. The first-order chi connectivity index (χ1) is 32.2. The van der Waals surface area contributed by atoms with Crippen LogP contribution in [-0.4, -0.2) is 0 Å². The van der Waals surface area contributed by atoms with Crippen molar-refractivity contribution >= 4 is 63.8 Å². The van der Waals surface area contributed by atoms with Crippen molar-refractivity contribution in [1.29, 1.82) is 0 Å². The number of thiophene rings is 1. The monoisotopic (exact) mass is 588 g/mol. The SMILES string of the molecule is [2H]c1c([2H])c(-c2c3c([2H])c([2H])c([2H])c([2H])c3c(-c3c([2H])c([2H])c([2H])c4c([2H])c([2H])c([2H])c([2H])c34)c3c([2H])c([2H])c([2H])c([2H])c23)c([2H])c([2H])c1-c1c([2H])c([2H])c([2H])c2c1sc1c([2H])c([2H])c([2H])c([2H])c12. The summed E-state index contributed by atoms with van der Waals surface area (Å²) < 4.78 is 232. The molecule has 8 aromatic carbocycles. The van der Waals surface area contributed by atoms with E-state index in [9.17, 15) is 12.3 Å². The Hall–Kier alpha value is -5.24. The standard InChI is InChI=1S/C42H26S/c1-2-13-30-27(11-1)12-9-20-33(30)41-36-17-5-3-15-34(36)40(35-16-4-6-18-37(35)41)29-25-23-28(24-26-29)31-19-10-21-38-32-14-7-8-22-39(32)43-42(31)38/h1-26H/i1D,2D,3D,4D,5D,6D,7D,8D,9D,10D,11D,12D,13D,14D,15D,16D,17D,18D,19D,20D,21D,22D,23D,24D,25D,26D. The zero-order valence-corrected chi connectivity index (χ0v) is 22.2. The summed E-state index contributed by atoms with van der Waals surface area (Å²) in [5.74, 6) is 0. The summed E-state index contributed by atoms with van der Waals surface area (Å²) in [6.45, 7) is 0. The third-order valence-electron chi connectivity index (χ3n) is 7.00. The average Bonchev–Trinajstić information content (AvgIpc) is 3.72. The molecule has 0 amide bonds. The van der Waals surface area contributed by atoms with E-state index in [1.165, 1.54) is 0 Å². The van der Waals surface area contributed by atoms with Crippen molar-refractivity contribution < 1.29 is 35.6 Å². The van der Waals surface area contributed by atoms with Crippen LogP contribution in [0, 0.1) is 0 Å². The lowest BCUT2D eigenvalue weighted by molar-refractivity contribution is 1.64. The van der Waals surface area contributed by atoms with Crippen LogP contribution in [0.1, 0.15) is 35.6 Å². The molecule has 1 aromatic heterocycles. The van der Waals surface area contributed by atoms with Gasteiger partial charge in [-0.25, -0.2) is 0 Å². The summed E-state index contributed by atoms with van der Waals surface area (Å²) in [7, 11) is 0. The lowest BCUT2D eigenvalue weighted by Crippen LogP contribution is -1.91. The van der Waals surface area contributed by atoms with E-state index in [0.717, 1.165) is 0 Å². The molecule has 0 fully saturated rings. The fourth-order valence-corrected chi connectivity index (χ4v) is 6.26. The van der Waals surface area contributed by atoms with Gasteiger partial charge in [-0.3, -0.25) is 0 Å². The van der Waals surface area contributed by atoms with Gasteiger partial charge in [0.1, 0.15) is 0 Å². The lowest BCUT2D eigenvalue weighted by atomic mass is 9.84. The van der Waals surface area contributed by atoms with Gasteiger partial charge in [-0.15, -0.1) is 11.3 Å². The van der Waals surface area contributed by atoms with Crippen molar-refractivity contribution in [2.75, 3.05) is 0 Å². The average molecular weight is 589 g/mol. The van der Waals surface area contributed by atoms with E-state index in [0.29, 0.717) is 11.3 Å². The molecular weight excluding hydrogens is 537 g/mol. The summed E-state index contributed by atoms with van der Waals surface area (Å²) in [5.41, 5.74) is -4.01. The maximum Gasteiger partial charge on any atom is 0.0638 e. The Kier molecular flexibility index (Phi) is 2.23. The quantitative estimate of drug-likeness (QED) is 0.180. The Morgan fingerprint density at radius 2 is 0.837 bits per heavy atom. The molecule has 0 saturated heterocycles.